The van der Waals surface area contributed by atoms with Crippen molar-refractivity contribution in [2.24, 2.45) is 5.10 Å². The van der Waals surface area contributed by atoms with E-state index in [1.165, 1.54) is 11.1 Å². The minimum atomic E-state index is -6.00. The number of hydrazone groups is 1. The normalized spacial score (nSPS) is 18.0. The quantitative estimate of drug-likeness (QED) is 0.121. The third-order valence-corrected chi connectivity index (χ3v) is 7.78. The highest BCUT2D eigenvalue weighted by Crippen LogP contribution is 2.33. The Labute approximate surface area is 277 Å². The van der Waals surface area contributed by atoms with Gasteiger partial charge in [0.2, 0.25) is 11.8 Å². The summed E-state index contributed by atoms with van der Waals surface area (Å²) in [5.74, 6) is 1.63. The van der Waals surface area contributed by atoms with Gasteiger partial charge >= 0.3 is 7.25 Å². The summed E-state index contributed by atoms with van der Waals surface area (Å²) >= 11 is 0. The van der Waals surface area contributed by atoms with Crippen molar-refractivity contribution in [1.29, 1.82) is 0 Å². The zero-order chi connectivity index (χ0) is 33.3. The summed E-state index contributed by atoms with van der Waals surface area (Å²) in [6.45, 7) is 0. The van der Waals surface area contributed by atoms with E-state index < -0.39 is 7.25 Å². The molecule has 48 heavy (non-hydrogen) atoms. The van der Waals surface area contributed by atoms with E-state index in [1.807, 2.05) is 36.4 Å². The van der Waals surface area contributed by atoms with E-state index in [0.29, 0.717) is 0 Å². The second-order valence-electron chi connectivity index (χ2n) is 11.2. The maximum absolute atomic E-state index is 9.75. The number of nitrogens with zero attached hydrogens (tertiary/aromatic N) is 2. The first-order chi connectivity index (χ1) is 23.3. The third-order valence-electron chi connectivity index (χ3n) is 7.78. The fourth-order valence-corrected chi connectivity index (χ4v) is 5.55. The van der Waals surface area contributed by atoms with Gasteiger partial charge in [-0.3, -0.25) is 0 Å². The van der Waals surface area contributed by atoms with Gasteiger partial charge < -0.3 is 22.0 Å². The predicted octanol–water partition coefficient (Wildman–Crippen LogP) is 10.4. The molecule has 1 atom stereocenters. The largest absolute Gasteiger partial charge is 0.673 e. The molecule has 4 aromatic rings. The lowest BCUT2D eigenvalue weighted by atomic mass is 9.98. The van der Waals surface area contributed by atoms with Crippen molar-refractivity contribution in [2.45, 2.75) is 12.5 Å². The maximum Gasteiger partial charge on any atom is 0.673 e. The van der Waals surface area contributed by atoms with E-state index in [1.54, 1.807) is 0 Å². The molecule has 0 N–H and O–H groups in total. The lowest BCUT2D eigenvalue weighted by Gasteiger charge is -2.18. The molecule has 1 aliphatic carbocycles. The monoisotopic (exact) mass is 642 g/mol. The van der Waals surface area contributed by atoms with Crippen molar-refractivity contribution in [3.8, 4) is 0 Å². The van der Waals surface area contributed by atoms with E-state index in [-0.39, 0.29) is 6.04 Å². The summed E-state index contributed by atoms with van der Waals surface area (Å²) < 4.78 is 47.5. The molecule has 0 saturated heterocycles. The Morgan fingerprint density at radius 1 is 0.625 bits per heavy atom. The molecule has 0 amide bonds. The molecule has 4 aromatic carbocycles. The zero-order valence-electron chi connectivity index (χ0n) is 25.8. The van der Waals surface area contributed by atoms with Crippen LogP contribution >= 0.6 is 0 Å². The smallest absolute Gasteiger partial charge is 0.457 e. The van der Waals surface area contributed by atoms with Crippen LogP contribution in [-0.4, -0.2) is 23.4 Å². The summed E-state index contributed by atoms with van der Waals surface area (Å²) in [6, 6.07) is 41.9. The number of hydrogen-bond donors (Lipinski definition) is 0. The molecule has 0 bridgehead atoms. The predicted molar refractivity (Wildman–Crippen MR) is 187 cm³/mol. The Morgan fingerprint density at radius 2 is 1.15 bits per heavy atom. The molecule has 2 heterocycles. The van der Waals surface area contributed by atoms with Crippen LogP contribution in [0.1, 0.15) is 34.7 Å². The van der Waals surface area contributed by atoms with Crippen molar-refractivity contribution in [2.75, 3.05) is 0 Å². The van der Waals surface area contributed by atoms with Crippen LogP contribution in [0.2, 0.25) is 0 Å². The van der Waals surface area contributed by atoms with E-state index >= 15 is 0 Å². The first-order valence-electron chi connectivity index (χ1n) is 15.5. The molecule has 2 aliphatic heterocycles. The molecule has 238 valence electrons. The fourth-order valence-electron chi connectivity index (χ4n) is 5.55. The van der Waals surface area contributed by atoms with Gasteiger partial charge in [-0.25, -0.2) is 0 Å². The van der Waals surface area contributed by atoms with Crippen LogP contribution in [0, 0.1) is 0 Å². The SMILES string of the molecule is C1=CC(=[N+]2N=C(c3ccccc3)CC2c2ccccc2)C=CC1=C/C=C1\C=C(c2ccccc2)C=C(c2ccccc2)O1.F[B-](F)(F)F. The van der Waals surface area contributed by atoms with E-state index in [4.69, 9.17) is 9.84 Å². The Hall–Kier alpha value is -5.76. The van der Waals surface area contributed by atoms with Gasteiger partial charge in [0.05, 0.1) is 6.42 Å². The lowest BCUT2D eigenvalue weighted by molar-refractivity contribution is -0.566. The molecular weight excluding hydrogens is 611 g/mol. The van der Waals surface area contributed by atoms with Crippen LogP contribution in [-0.2, 0) is 4.74 Å². The minimum Gasteiger partial charge on any atom is -0.457 e. The van der Waals surface area contributed by atoms with Crippen molar-refractivity contribution < 1.29 is 26.7 Å². The highest BCUT2D eigenvalue weighted by Gasteiger charge is 2.36. The molecule has 8 heteroatoms. The van der Waals surface area contributed by atoms with E-state index in [0.717, 1.165) is 51.6 Å². The van der Waals surface area contributed by atoms with Crippen LogP contribution in [0.4, 0.5) is 17.3 Å². The molecular formula is C40H31BF4N2O. The van der Waals surface area contributed by atoms with E-state index in [2.05, 4.69) is 138 Å². The zero-order valence-corrected chi connectivity index (χ0v) is 25.8. The summed E-state index contributed by atoms with van der Waals surface area (Å²) in [4.78, 5) is 0. The lowest BCUT2D eigenvalue weighted by Crippen LogP contribution is -2.16. The molecule has 0 spiro atoms. The van der Waals surface area contributed by atoms with Gasteiger partial charge in [-0.15, -0.1) is 0 Å². The minimum absolute atomic E-state index is 0.147. The first kappa shape index (κ1) is 32.2. The fraction of sp³-hybridized carbons (Fsp3) is 0.0500. The Kier molecular flexibility index (Phi) is 9.91. The summed E-state index contributed by atoms with van der Waals surface area (Å²) in [6.07, 6.45) is 17.8. The second kappa shape index (κ2) is 14.8. The molecule has 3 aliphatic rings. The summed E-state index contributed by atoms with van der Waals surface area (Å²) in [5, 5.41) is 5.10. The Bertz CT molecular complexity index is 1970. The van der Waals surface area contributed by atoms with Gasteiger partial charge in [-0.2, -0.15) is 0 Å². The Balaban J connectivity index is 0.000000749. The van der Waals surface area contributed by atoms with Gasteiger partial charge in [0.25, 0.3) is 0 Å². The topological polar surface area (TPSA) is 24.6 Å². The Morgan fingerprint density at radius 3 is 1.73 bits per heavy atom. The van der Waals surface area contributed by atoms with Crippen molar-refractivity contribution in [1.82, 2.24) is 0 Å². The van der Waals surface area contributed by atoms with Crippen molar-refractivity contribution in [3.63, 3.8) is 0 Å². The second-order valence-corrected chi connectivity index (χ2v) is 11.2. The van der Waals surface area contributed by atoms with Gasteiger partial charge in [-0.1, -0.05) is 132 Å². The van der Waals surface area contributed by atoms with Gasteiger partial charge in [0.1, 0.15) is 17.2 Å². The maximum atomic E-state index is 9.75. The molecule has 0 radical (unpaired) electrons. The number of ether oxygens (including phenoxy) is 1. The third kappa shape index (κ3) is 8.53. The molecule has 0 fully saturated rings. The van der Waals surface area contributed by atoms with E-state index in [9.17, 15) is 17.3 Å². The van der Waals surface area contributed by atoms with Crippen LogP contribution in [0.15, 0.2) is 186 Å². The molecule has 3 nitrogen and oxygen atoms in total. The molecule has 0 saturated carbocycles. The molecule has 7 rings (SSSR count). The number of allylic oxidation sites excluding steroid dienone is 10. The number of halogens is 4. The molecule has 0 aromatic heterocycles. The summed E-state index contributed by atoms with van der Waals surface area (Å²) in [5.41, 5.74) is 9.02. The van der Waals surface area contributed by atoms with Gasteiger partial charge in [0.15, 0.2) is 0 Å². The van der Waals surface area contributed by atoms with Crippen molar-refractivity contribution >= 4 is 30.0 Å². The number of hydrogen-bond acceptors (Lipinski definition) is 2. The average molecular weight is 643 g/mol. The number of rotatable bonds is 5. The van der Waals surface area contributed by atoms with Gasteiger partial charge in [-0.05, 0) is 52.2 Å². The first-order valence-corrected chi connectivity index (χ1v) is 15.5. The highest BCUT2D eigenvalue weighted by atomic mass is 19.5. The average Bonchev–Trinajstić information content (AvgIpc) is 3.57. The van der Waals surface area contributed by atoms with Crippen molar-refractivity contribution in [3.05, 3.63) is 204 Å². The standard InChI is InChI=1S/C40H31N2O.BF4/c1-5-13-31(14-6-1)35-27-37(43-40(28-35)34-19-11-4-12-20-34)26-23-30-21-24-36(25-22-30)42-39(33-17-9-3-10-18-33)29-38(41-42)32-15-7-2-8-16-32;2-1(3,4)5/h1-28,39H,29H2;/q+1;-1/b30-23?,37-26+,42-36?;. The highest BCUT2D eigenvalue weighted by molar-refractivity contribution is 6.50. The number of benzene rings is 4. The van der Waals surface area contributed by atoms with Crippen LogP contribution in [0.25, 0.3) is 11.3 Å². The van der Waals surface area contributed by atoms with Gasteiger partial charge in [0, 0.05) is 28.8 Å². The molecule has 1 unspecified atom stereocenters. The van der Waals surface area contributed by atoms with Crippen LogP contribution in [0.5, 0.6) is 0 Å². The summed E-state index contributed by atoms with van der Waals surface area (Å²) in [7, 11) is -6.00. The van der Waals surface area contributed by atoms with Crippen LogP contribution < -0.4 is 0 Å². The van der Waals surface area contributed by atoms with Crippen LogP contribution in [0.3, 0.4) is 0 Å².